The Balaban J connectivity index is 2.21. The number of anilines is 2. The molecule has 1 amide bonds. The Hall–Kier alpha value is -2.09. The molecule has 0 bridgehead atoms. The van der Waals surface area contributed by atoms with Crippen LogP contribution >= 0.6 is 15.9 Å². The summed E-state index contributed by atoms with van der Waals surface area (Å²) < 4.78 is 13.5. The summed E-state index contributed by atoms with van der Waals surface area (Å²) in [6.07, 6.45) is 3.71. The van der Waals surface area contributed by atoms with Crippen LogP contribution in [0.1, 0.15) is 10.4 Å². The van der Waals surface area contributed by atoms with Crippen molar-refractivity contribution in [3.8, 4) is 0 Å². The van der Waals surface area contributed by atoms with Crippen molar-refractivity contribution in [3.63, 3.8) is 0 Å². The van der Waals surface area contributed by atoms with Crippen molar-refractivity contribution < 1.29 is 9.18 Å². The van der Waals surface area contributed by atoms with E-state index in [-0.39, 0.29) is 17.2 Å². The van der Waals surface area contributed by atoms with Gasteiger partial charge in [-0.25, -0.2) is 19.3 Å². The molecule has 2 rings (SSSR count). The SMILES string of the molecule is Nc1ncc(F)cc1C(=O)Nc1cnc(Br)cn1. The molecule has 2 aromatic heterocycles. The third-order valence-corrected chi connectivity index (χ3v) is 2.40. The summed E-state index contributed by atoms with van der Waals surface area (Å²) in [6, 6.07) is 1.00. The minimum Gasteiger partial charge on any atom is -0.383 e. The lowest BCUT2D eigenvalue weighted by atomic mass is 10.2. The Morgan fingerprint density at radius 2 is 2.06 bits per heavy atom. The van der Waals surface area contributed by atoms with E-state index in [0.29, 0.717) is 4.60 Å². The highest BCUT2D eigenvalue weighted by Crippen LogP contribution is 2.13. The van der Waals surface area contributed by atoms with E-state index in [1.165, 1.54) is 12.4 Å². The Bertz CT molecular complexity index is 589. The molecule has 18 heavy (non-hydrogen) atoms. The average molecular weight is 312 g/mol. The minimum atomic E-state index is -0.642. The van der Waals surface area contributed by atoms with Crippen molar-refractivity contribution in [2.75, 3.05) is 11.1 Å². The molecule has 0 spiro atoms. The van der Waals surface area contributed by atoms with Crippen LogP contribution in [0.3, 0.4) is 0 Å². The van der Waals surface area contributed by atoms with Crippen LogP contribution in [-0.4, -0.2) is 20.9 Å². The molecule has 6 nitrogen and oxygen atoms in total. The second-order valence-corrected chi connectivity index (χ2v) is 4.08. The molecule has 8 heteroatoms. The predicted molar refractivity (Wildman–Crippen MR) is 66.3 cm³/mol. The maximum atomic E-state index is 13.0. The van der Waals surface area contributed by atoms with Gasteiger partial charge in [0.1, 0.15) is 16.2 Å². The van der Waals surface area contributed by atoms with Gasteiger partial charge in [0.25, 0.3) is 5.91 Å². The van der Waals surface area contributed by atoms with Crippen LogP contribution in [-0.2, 0) is 0 Å². The van der Waals surface area contributed by atoms with Crippen LogP contribution in [0.15, 0.2) is 29.3 Å². The van der Waals surface area contributed by atoms with Gasteiger partial charge in [0.2, 0.25) is 0 Å². The molecule has 0 aliphatic heterocycles. The molecule has 0 fully saturated rings. The molecule has 0 aliphatic carbocycles. The van der Waals surface area contributed by atoms with Crippen molar-refractivity contribution in [2.24, 2.45) is 0 Å². The van der Waals surface area contributed by atoms with Gasteiger partial charge in [-0.15, -0.1) is 0 Å². The number of rotatable bonds is 2. The molecule has 2 heterocycles. The minimum absolute atomic E-state index is 0.0558. The number of hydrogen-bond donors (Lipinski definition) is 2. The number of nitrogens with one attached hydrogen (secondary N) is 1. The summed E-state index contributed by atoms with van der Waals surface area (Å²) in [4.78, 5) is 23.1. The first-order valence-electron chi connectivity index (χ1n) is 4.76. The summed E-state index contributed by atoms with van der Waals surface area (Å²) in [5.41, 5.74) is 5.43. The van der Waals surface area contributed by atoms with Gasteiger partial charge in [-0.05, 0) is 22.0 Å². The Morgan fingerprint density at radius 1 is 1.28 bits per heavy atom. The van der Waals surface area contributed by atoms with Gasteiger partial charge in [0.05, 0.1) is 24.2 Å². The number of amides is 1. The maximum absolute atomic E-state index is 13.0. The molecule has 0 atom stereocenters. The molecule has 0 radical (unpaired) electrons. The van der Waals surface area contributed by atoms with Gasteiger partial charge in [-0.2, -0.15) is 0 Å². The molecule has 0 saturated heterocycles. The first-order valence-corrected chi connectivity index (χ1v) is 5.55. The third-order valence-electron chi connectivity index (χ3n) is 1.99. The van der Waals surface area contributed by atoms with Crippen LogP contribution < -0.4 is 11.1 Å². The summed E-state index contributed by atoms with van der Waals surface area (Å²) in [5, 5.41) is 2.43. The number of carbonyl (C=O) groups excluding carboxylic acids is 1. The first kappa shape index (κ1) is 12.4. The van der Waals surface area contributed by atoms with E-state index >= 15 is 0 Å². The Kier molecular flexibility index (Phi) is 3.47. The van der Waals surface area contributed by atoms with E-state index in [9.17, 15) is 9.18 Å². The largest absolute Gasteiger partial charge is 0.383 e. The van der Waals surface area contributed by atoms with Gasteiger partial charge in [-0.1, -0.05) is 0 Å². The molecule has 0 aromatic carbocycles. The zero-order valence-electron chi connectivity index (χ0n) is 8.89. The van der Waals surface area contributed by atoms with Crippen LogP contribution in [0.4, 0.5) is 16.0 Å². The van der Waals surface area contributed by atoms with Crippen molar-refractivity contribution in [3.05, 3.63) is 40.6 Å². The van der Waals surface area contributed by atoms with Crippen LogP contribution in [0, 0.1) is 5.82 Å². The van der Waals surface area contributed by atoms with Gasteiger partial charge in [-0.3, -0.25) is 4.79 Å². The number of halogens is 2. The van der Waals surface area contributed by atoms with Crippen molar-refractivity contribution in [2.45, 2.75) is 0 Å². The highest BCUT2D eigenvalue weighted by atomic mass is 79.9. The first-order chi connectivity index (χ1) is 8.56. The van der Waals surface area contributed by atoms with Crippen molar-refractivity contribution in [1.82, 2.24) is 15.0 Å². The zero-order valence-corrected chi connectivity index (χ0v) is 10.5. The number of pyridine rings is 1. The van der Waals surface area contributed by atoms with E-state index < -0.39 is 11.7 Å². The Labute approximate surface area is 110 Å². The van der Waals surface area contributed by atoms with E-state index in [1.54, 1.807) is 0 Å². The van der Waals surface area contributed by atoms with Gasteiger partial charge in [0.15, 0.2) is 5.82 Å². The second kappa shape index (κ2) is 5.05. The topological polar surface area (TPSA) is 93.8 Å². The lowest BCUT2D eigenvalue weighted by Gasteiger charge is -2.05. The smallest absolute Gasteiger partial charge is 0.260 e. The highest BCUT2D eigenvalue weighted by molar-refractivity contribution is 9.10. The molecule has 2 aromatic rings. The molecule has 0 saturated carbocycles. The van der Waals surface area contributed by atoms with Crippen molar-refractivity contribution in [1.29, 1.82) is 0 Å². The number of nitrogens with zero attached hydrogens (tertiary/aromatic N) is 3. The fraction of sp³-hybridized carbons (Fsp3) is 0. The number of carbonyl (C=O) groups is 1. The molecule has 3 N–H and O–H groups in total. The van der Waals surface area contributed by atoms with E-state index in [1.807, 2.05) is 0 Å². The standard InChI is InChI=1S/C10H7BrFN5O/c11-7-3-15-8(4-14-7)17-10(18)6-1-5(12)2-16-9(6)13/h1-4H,(H2,13,16)(H,15,17,18). The predicted octanol–water partition coefficient (Wildman–Crippen LogP) is 1.61. The van der Waals surface area contributed by atoms with Crippen LogP contribution in [0.2, 0.25) is 0 Å². The number of aromatic nitrogens is 3. The summed E-state index contributed by atoms with van der Waals surface area (Å²) in [7, 11) is 0. The van der Waals surface area contributed by atoms with E-state index in [0.717, 1.165) is 12.3 Å². The normalized spacial score (nSPS) is 10.1. The lowest BCUT2D eigenvalue weighted by molar-refractivity contribution is 0.102. The summed E-state index contributed by atoms with van der Waals surface area (Å²) in [5.74, 6) is -1.07. The van der Waals surface area contributed by atoms with Crippen molar-refractivity contribution >= 4 is 33.5 Å². The molecule has 92 valence electrons. The third kappa shape index (κ3) is 2.77. The Morgan fingerprint density at radius 3 is 2.72 bits per heavy atom. The lowest BCUT2D eigenvalue weighted by Crippen LogP contribution is -2.16. The van der Waals surface area contributed by atoms with Crippen LogP contribution in [0.5, 0.6) is 0 Å². The fourth-order valence-electron chi connectivity index (χ4n) is 1.19. The van der Waals surface area contributed by atoms with E-state index in [2.05, 4.69) is 36.2 Å². The highest BCUT2D eigenvalue weighted by Gasteiger charge is 2.12. The monoisotopic (exact) mass is 311 g/mol. The summed E-state index contributed by atoms with van der Waals surface area (Å²) >= 11 is 3.11. The molecule has 0 unspecified atom stereocenters. The number of nitrogen functional groups attached to an aromatic ring is 1. The van der Waals surface area contributed by atoms with E-state index in [4.69, 9.17) is 5.73 Å². The number of hydrogen-bond acceptors (Lipinski definition) is 5. The maximum Gasteiger partial charge on any atom is 0.260 e. The van der Waals surface area contributed by atoms with Gasteiger partial charge >= 0.3 is 0 Å². The van der Waals surface area contributed by atoms with Crippen LogP contribution in [0.25, 0.3) is 0 Å². The second-order valence-electron chi connectivity index (χ2n) is 3.26. The van der Waals surface area contributed by atoms with Gasteiger partial charge < -0.3 is 11.1 Å². The molecular weight excluding hydrogens is 305 g/mol. The fourth-order valence-corrected chi connectivity index (χ4v) is 1.40. The summed E-state index contributed by atoms with van der Waals surface area (Å²) in [6.45, 7) is 0. The molecule has 0 aliphatic rings. The number of nitrogens with two attached hydrogens (primary N) is 1. The van der Waals surface area contributed by atoms with Gasteiger partial charge in [0, 0.05) is 0 Å². The molecular formula is C10H7BrFN5O. The zero-order chi connectivity index (χ0) is 13.1. The average Bonchev–Trinajstić information content (AvgIpc) is 2.35. The quantitative estimate of drug-likeness (QED) is 0.878.